The Balaban J connectivity index is 1.46. The molecule has 0 aromatic heterocycles. The molecule has 0 bridgehead atoms. The zero-order valence-corrected chi connectivity index (χ0v) is 15.8. The SMILES string of the molecule is CC(C)(C)OC(=O)N1CC2(CCC(O)(c3cccc(C4CC4)c3F)C2)C1. The lowest BCUT2D eigenvalue weighted by atomic mass is 9.76. The summed E-state index contributed by atoms with van der Waals surface area (Å²) >= 11 is 0. The smallest absolute Gasteiger partial charge is 0.410 e. The van der Waals surface area contributed by atoms with Gasteiger partial charge in [-0.05, 0) is 64.4 Å². The van der Waals surface area contributed by atoms with Gasteiger partial charge < -0.3 is 14.7 Å². The molecule has 4 rings (SSSR count). The first-order valence-corrected chi connectivity index (χ1v) is 9.60. The minimum Gasteiger partial charge on any atom is -0.444 e. The lowest BCUT2D eigenvalue weighted by Crippen LogP contribution is -2.58. The van der Waals surface area contributed by atoms with E-state index in [4.69, 9.17) is 4.74 Å². The van der Waals surface area contributed by atoms with Gasteiger partial charge in [0, 0.05) is 24.1 Å². The normalized spacial score (nSPS) is 27.5. The Morgan fingerprint density at radius 1 is 1.27 bits per heavy atom. The Bertz CT molecular complexity index is 731. The summed E-state index contributed by atoms with van der Waals surface area (Å²) in [6.45, 7) is 6.71. The van der Waals surface area contributed by atoms with Crippen LogP contribution in [0.25, 0.3) is 0 Å². The first kappa shape index (κ1) is 17.8. The fourth-order valence-corrected chi connectivity index (χ4v) is 4.61. The molecule has 26 heavy (non-hydrogen) atoms. The summed E-state index contributed by atoms with van der Waals surface area (Å²) in [6, 6.07) is 5.44. The molecule has 1 spiro atoms. The van der Waals surface area contributed by atoms with Gasteiger partial charge in [0.15, 0.2) is 0 Å². The fourth-order valence-electron chi connectivity index (χ4n) is 4.61. The topological polar surface area (TPSA) is 49.8 Å². The molecule has 1 aromatic carbocycles. The van der Waals surface area contributed by atoms with Gasteiger partial charge in [-0.25, -0.2) is 9.18 Å². The highest BCUT2D eigenvalue weighted by atomic mass is 19.1. The van der Waals surface area contributed by atoms with E-state index in [1.807, 2.05) is 32.9 Å². The van der Waals surface area contributed by atoms with E-state index in [-0.39, 0.29) is 17.3 Å². The van der Waals surface area contributed by atoms with Crippen LogP contribution in [0.1, 0.15) is 69.9 Å². The Morgan fingerprint density at radius 2 is 1.96 bits per heavy atom. The number of benzene rings is 1. The van der Waals surface area contributed by atoms with Gasteiger partial charge in [-0.1, -0.05) is 18.2 Å². The number of carbonyl (C=O) groups is 1. The Labute approximate surface area is 154 Å². The van der Waals surface area contributed by atoms with Crippen molar-refractivity contribution in [3.05, 3.63) is 35.1 Å². The van der Waals surface area contributed by atoms with Gasteiger partial charge >= 0.3 is 6.09 Å². The monoisotopic (exact) mass is 361 g/mol. The Kier molecular flexibility index (Phi) is 3.89. The number of hydrogen-bond donors (Lipinski definition) is 1. The van der Waals surface area contributed by atoms with E-state index in [0.717, 1.165) is 24.8 Å². The van der Waals surface area contributed by atoms with E-state index in [9.17, 15) is 14.3 Å². The van der Waals surface area contributed by atoms with Crippen molar-refractivity contribution in [2.75, 3.05) is 13.1 Å². The first-order chi connectivity index (χ1) is 12.1. The maximum atomic E-state index is 15.0. The van der Waals surface area contributed by atoms with E-state index >= 15 is 0 Å². The highest BCUT2D eigenvalue weighted by Gasteiger charge is 2.56. The molecule has 5 heteroatoms. The summed E-state index contributed by atoms with van der Waals surface area (Å²) < 4.78 is 20.4. The summed E-state index contributed by atoms with van der Waals surface area (Å²) in [5.41, 5.74) is -0.568. The van der Waals surface area contributed by atoms with Crippen molar-refractivity contribution in [1.82, 2.24) is 4.90 Å². The van der Waals surface area contributed by atoms with Crippen molar-refractivity contribution in [2.45, 2.75) is 70.0 Å². The van der Waals surface area contributed by atoms with Crippen molar-refractivity contribution in [3.63, 3.8) is 0 Å². The average molecular weight is 361 g/mol. The zero-order valence-electron chi connectivity index (χ0n) is 15.8. The highest BCUT2D eigenvalue weighted by Crippen LogP contribution is 2.55. The third kappa shape index (κ3) is 3.11. The minimum atomic E-state index is -1.13. The highest BCUT2D eigenvalue weighted by molar-refractivity contribution is 5.69. The van der Waals surface area contributed by atoms with Gasteiger partial charge in [-0.3, -0.25) is 0 Å². The van der Waals surface area contributed by atoms with Crippen LogP contribution in [0.3, 0.4) is 0 Å². The number of ether oxygens (including phenoxy) is 1. The van der Waals surface area contributed by atoms with Crippen molar-refractivity contribution < 1.29 is 19.0 Å². The lowest BCUT2D eigenvalue weighted by Gasteiger charge is -2.48. The second-order valence-corrected chi connectivity index (χ2v) is 9.53. The Hall–Kier alpha value is -1.62. The molecule has 1 heterocycles. The number of nitrogens with zero attached hydrogens (tertiary/aromatic N) is 1. The molecule has 1 aromatic rings. The van der Waals surface area contributed by atoms with Crippen LogP contribution >= 0.6 is 0 Å². The van der Waals surface area contributed by atoms with Crippen LogP contribution in [0.4, 0.5) is 9.18 Å². The maximum Gasteiger partial charge on any atom is 0.410 e. The van der Waals surface area contributed by atoms with Crippen LogP contribution in [0.2, 0.25) is 0 Å². The summed E-state index contributed by atoms with van der Waals surface area (Å²) in [4.78, 5) is 13.9. The quantitative estimate of drug-likeness (QED) is 0.854. The second-order valence-electron chi connectivity index (χ2n) is 9.53. The van der Waals surface area contributed by atoms with E-state index in [0.29, 0.717) is 37.4 Å². The van der Waals surface area contributed by atoms with Gasteiger partial charge in [0.1, 0.15) is 11.4 Å². The molecule has 1 amide bonds. The van der Waals surface area contributed by atoms with Crippen LogP contribution in [0.5, 0.6) is 0 Å². The predicted octanol–water partition coefficient (Wildman–Crippen LogP) is 4.31. The van der Waals surface area contributed by atoms with Gasteiger partial charge in [-0.2, -0.15) is 0 Å². The third-order valence-corrected chi connectivity index (χ3v) is 5.99. The molecule has 1 atom stereocenters. The number of likely N-dealkylation sites (tertiary alicyclic amines) is 1. The maximum absolute atomic E-state index is 15.0. The predicted molar refractivity (Wildman–Crippen MR) is 96.4 cm³/mol. The number of hydrogen-bond acceptors (Lipinski definition) is 3. The number of rotatable bonds is 2. The number of halogens is 1. The van der Waals surface area contributed by atoms with Crippen LogP contribution < -0.4 is 0 Å². The molecule has 0 radical (unpaired) electrons. The average Bonchev–Trinajstić information content (AvgIpc) is 3.26. The van der Waals surface area contributed by atoms with Gasteiger partial charge in [0.25, 0.3) is 0 Å². The summed E-state index contributed by atoms with van der Waals surface area (Å²) in [7, 11) is 0. The molecule has 3 fully saturated rings. The number of aliphatic hydroxyl groups is 1. The van der Waals surface area contributed by atoms with Crippen molar-refractivity contribution in [3.8, 4) is 0 Å². The van der Waals surface area contributed by atoms with Gasteiger partial charge in [0.05, 0.1) is 5.60 Å². The third-order valence-electron chi connectivity index (χ3n) is 5.99. The summed E-state index contributed by atoms with van der Waals surface area (Å²) in [5.74, 6) is 0.0955. The molecule has 2 aliphatic carbocycles. The Morgan fingerprint density at radius 3 is 2.58 bits per heavy atom. The van der Waals surface area contributed by atoms with E-state index in [1.165, 1.54) is 0 Å². The number of carbonyl (C=O) groups excluding carboxylic acids is 1. The molecule has 2 saturated carbocycles. The van der Waals surface area contributed by atoms with Crippen LogP contribution in [0, 0.1) is 11.2 Å². The molecular weight excluding hydrogens is 333 g/mol. The molecule has 1 saturated heterocycles. The molecule has 3 aliphatic rings. The van der Waals surface area contributed by atoms with E-state index in [1.54, 1.807) is 11.0 Å². The van der Waals surface area contributed by atoms with Crippen molar-refractivity contribution >= 4 is 6.09 Å². The molecule has 1 N–H and O–H groups in total. The number of amides is 1. The fraction of sp³-hybridized carbons (Fsp3) is 0.667. The van der Waals surface area contributed by atoms with E-state index in [2.05, 4.69) is 0 Å². The van der Waals surface area contributed by atoms with Gasteiger partial charge in [-0.15, -0.1) is 0 Å². The standard InChI is InChI=1S/C21H28FNO3/c1-19(2,3)26-18(24)23-12-20(13-23)9-10-21(25,11-20)16-6-4-5-15(17(16)22)14-7-8-14/h4-6,14,25H,7-13H2,1-3H3. The largest absolute Gasteiger partial charge is 0.444 e. The molecule has 1 aliphatic heterocycles. The van der Waals surface area contributed by atoms with Gasteiger partial charge in [0.2, 0.25) is 0 Å². The molecular formula is C21H28FNO3. The summed E-state index contributed by atoms with van der Waals surface area (Å²) in [5, 5.41) is 11.2. The van der Waals surface area contributed by atoms with E-state index < -0.39 is 11.2 Å². The molecule has 1 unspecified atom stereocenters. The van der Waals surface area contributed by atoms with Crippen molar-refractivity contribution in [2.24, 2.45) is 5.41 Å². The first-order valence-electron chi connectivity index (χ1n) is 9.60. The van der Waals surface area contributed by atoms with Crippen LogP contribution in [-0.2, 0) is 10.3 Å². The lowest BCUT2D eigenvalue weighted by molar-refractivity contribution is -0.0484. The molecule has 4 nitrogen and oxygen atoms in total. The zero-order chi connectivity index (χ0) is 18.7. The molecule has 142 valence electrons. The summed E-state index contributed by atoms with van der Waals surface area (Å²) in [6.07, 6.45) is 3.61. The van der Waals surface area contributed by atoms with Crippen LogP contribution in [0.15, 0.2) is 18.2 Å². The van der Waals surface area contributed by atoms with Crippen molar-refractivity contribution in [1.29, 1.82) is 0 Å². The second kappa shape index (κ2) is 5.69. The van der Waals surface area contributed by atoms with Crippen LogP contribution in [-0.4, -0.2) is 34.8 Å². The minimum absolute atomic E-state index is 0.117.